The Morgan fingerprint density at radius 1 is 1.29 bits per heavy atom. The van der Waals surface area contributed by atoms with Crippen molar-refractivity contribution in [3.63, 3.8) is 0 Å². The van der Waals surface area contributed by atoms with Crippen LogP contribution >= 0.6 is 0 Å². The van der Waals surface area contributed by atoms with Gasteiger partial charge in [-0.3, -0.25) is 9.48 Å². The van der Waals surface area contributed by atoms with E-state index >= 15 is 0 Å². The molecule has 1 amide bonds. The number of methoxy groups -OCH3 is 1. The molecule has 2 aromatic rings. The second kappa shape index (κ2) is 7.07. The summed E-state index contributed by atoms with van der Waals surface area (Å²) >= 11 is 0. The monoisotopic (exact) mass is 327 g/mol. The predicted molar refractivity (Wildman–Crippen MR) is 93.1 cm³/mol. The van der Waals surface area contributed by atoms with Gasteiger partial charge in [0.05, 0.1) is 31.8 Å². The summed E-state index contributed by atoms with van der Waals surface area (Å²) < 4.78 is 7.19. The molecule has 0 N–H and O–H groups in total. The summed E-state index contributed by atoms with van der Waals surface area (Å²) in [5.41, 5.74) is 3.21. The van der Waals surface area contributed by atoms with Gasteiger partial charge in [0.15, 0.2) is 0 Å². The van der Waals surface area contributed by atoms with Crippen LogP contribution in [0.1, 0.15) is 29.8 Å². The molecule has 24 heavy (non-hydrogen) atoms. The number of rotatable bonds is 5. The minimum absolute atomic E-state index is 0.198. The number of nitrogens with zero attached hydrogens (tertiary/aromatic N) is 3. The topological polar surface area (TPSA) is 47.4 Å². The number of benzene rings is 1. The van der Waals surface area contributed by atoms with E-state index in [4.69, 9.17) is 4.74 Å². The third kappa shape index (κ3) is 3.61. The standard InChI is InChI=1S/C19H25N3O2/c1-14-11-15(2)22(20-14)13-17-5-4-10-21(17)19(23)12-16-6-8-18(24-3)9-7-16/h6-9,11,17H,4-5,10,12-13H2,1-3H3/t17-/m1/s1. The highest BCUT2D eigenvalue weighted by molar-refractivity contribution is 5.79. The summed E-state index contributed by atoms with van der Waals surface area (Å²) in [6.45, 7) is 5.70. The highest BCUT2D eigenvalue weighted by atomic mass is 16.5. The molecule has 0 saturated carbocycles. The zero-order chi connectivity index (χ0) is 17.1. The fraction of sp³-hybridized carbons (Fsp3) is 0.474. The molecule has 1 aromatic carbocycles. The Labute approximate surface area is 143 Å². The van der Waals surface area contributed by atoms with Crippen molar-refractivity contribution >= 4 is 5.91 Å². The van der Waals surface area contributed by atoms with Crippen molar-refractivity contribution in [2.24, 2.45) is 0 Å². The van der Waals surface area contributed by atoms with Crippen LogP contribution in [0.5, 0.6) is 5.75 Å². The Hall–Kier alpha value is -2.30. The number of aryl methyl sites for hydroxylation is 2. The van der Waals surface area contributed by atoms with Crippen LogP contribution in [-0.4, -0.2) is 40.3 Å². The summed E-state index contributed by atoms with van der Waals surface area (Å²) in [7, 11) is 1.65. The number of ether oxygens (including phenoxy) is 1. The first kappa shape index (κ1) is 16.6. The van der Waals surface area contributed by atoms with Crippen LogP contribution in [0.25, 0.3) is 0 Å². The summed E-state index contributed by atoms with van der Waals surface area (Å²) in [4.78, 5) is 14.8. The Morgan fingerprint density at radius 2 is 2.04 bits per heavy atom. The third-order valence-corrected chi connectivity index (χ3v) is 4.70. The number of carbonyl (C=O) groups excluding carboxylic acids is 1. The normalized spacial score (nSPS) is 17.3. The largest absolute Gasteiger partial charge is 0.497 e. The van der Waals surface area contributed by atoms with Crippen molar-refractivity contribution in [2.45, 2.75) is 45.7 Å². The molecule has 0 aliphatic carbocycles. The van der Waals surface area contributed by atoms with Crippen molar-refractivity contribution < 1.29 is 9.53 Å². The third-order valence-electron chi connectivity index (χ3n) is 4.70. The van der Waals surface area contributed by atoms with E-state index < -0.39 is 0 Å². The van der Waals surface area contributed by atoms with Crippen LogP contribution in [0.2, 0.25) is 0 Å². The lowest BCUT2D eigenvalue weighted by atomic mass is 10.1. The smallest absolute Gasteiger partial charge is 0.227 e. The summed E-state index contributed by atoms with van der Waals surface area (Å²) in [6, 6.07) is 10.1. The van der Waals surface area contributed by atoms with Gasteiger partial charge in [-0.05, 0) is 50.5 Å². The van der Waals surface area contributed by atoms with E-state index in [1.165, 1.54) is 0 Å². The van der Waals surface area contributed by atoms with Crippen LogP contribution in [0.15, 0.2) is 30.3 Å². The van der Waals surface area contributed by atoms with E-state index in [0.717, 1.165) is 48.6 Å². The Bertz CT molecular complexity index is 706. The van der Waals surface area contributed by atoms with Crippen molar-refractivity contribution in [1.29, 1.82) is 0 Å². The van der Waals surface area contributed by atoms with Crippen LogP contribution < -0.4 is 4.74 Å². The van der Waals surface area contributed by atoms with E-state index in [2.05, 4.69) is 18.1 Å². The number of likely N-dealkylation sites (tertiary alicyclic amines) is 1. The van der Waals surface area contributed by atoms with Gasteiger partial charge in [-0.25, -0.2) is 0 Å². The minimum atomic E-state index is 0.198. The number of aromatic nitrogens is 2. The van der Waals surface area contributed by atoms with Gasteiger partial charge >= 0.3 is 0 Å². The number of carbonyl (C=O) groups is 1. The molecule has 3 rings (SSSR count). The van der Waals surface area contributed by atoms with Crippen LogP contribution in [0.4, 0.5) is 0 Å². The molecular formula is C19H25N3O2. The zero-order valence-corrected chi connectivity index (χ0v) is 14.7. The van der Waals surface area contributed by atoms with Crippen LogP contribution in [-0.2, 0) is 17.8 Å². The van der Waals surface area contributed by atoms with E-state index in [1.54, 1.807) is 7.11 Å². The lowest BCUT2D eigenvalue weighted by Crippen LogP contribution is -2.39. The average molecular weight is 327 g/mol. The molecule has 1 aliphatic heterocycles. The molecule has 5 nitrogen and oxygen atoms in total. The second-order valence-corrected chi connectivity index (χ2v) is 6.52. The van der Waals surface area contributed by atoms with Crippen LogP contribution in [0, 0.1) is 13.8 Å². The Morgan fingerprint density at radius 3 is 2.67 bits per heavy atom. The molecule has 1 aliphatic rings. The molecule has 0 spiro atoms. The highest BCUT2D eigenvalue weighted by Crippen LogP contribution is 2.21. The number of amides is 1. The molecular weight excluding hydrogens is 302 g/mol. The molecule has 0 unspecified atom stereocenters. The fourth-order valence-electron chi connectivity index (χ4n) is 3.43. The Kier molecular flexibility index (Phi) is 4.88. The summed E-state index contributed by atoms with van der Waals surface area (Å²) in [5.74, 6) is 1.01. The van der Waals surface area contributed by atoms with Gasteiger partial charge in [-0.1, -0.05) is 12.1 Å². The predicted octanol–water partition coefficient (Wildman–Crippen LogP) is 2.74. The van der Waals surface area contributed by atoms with Gasteiger partial charge in [0.25, 0.3) is 0 Å². The maximum Gasteiger partial charge on any atom is 0.227 e. The average Bonchev–Trinajstić information content (AvgIpc) is 3.15. The van der Waals surface area contributed by atoms with Crippen LogP contribution in [0.3, 0.4) is 0 Å². The first-order chi connectivity index (χ1) is 11.6. The van der Waals surface area contributed by atoms with Crippen molar-refractivity contribution in [1.82, 2.24) is 14.7 Å². The molecule has 1 fully saturated rings. The van der Waals surface area contributed by atoms with Crippen molar-refractivity contribution in [3.05, 3.63) is 47.3 Å². The van der Waals surface area contributed by atoms with Crippen molar-refractivity contribution in [2.75, 3.05) is 13.7 Å². The summed E-state index contributed by atoms with van der Waals surface area (Å²) in [6.07, 6.45) is 2.56. The van der Waals surface area contributed by atoms with Gasteiger partial charge in [0.1, 0.15) is 5.75 Å². The van der Waals surface area contributed by atoms with Gasteiger partial charge in [0, 0.05) is 12.2 Å². The molecule has 128 valence electrons. The molecule has 1 aromatic heterocycles. The minimum Gasteiger partial charge on any atom is -0.497 e. The molecule has 5 heteroatoms. The first-order valence-corrected chi connectivity index (χ1v) is 8.50. The molecule has 2 heterocycles. The highest BCUT2D eigenvalue weighted by Gasteiger charge is 2.29. The van der Waals surface area contributed by atoms with E-state index in [9.17, 15) is 4.79 Å². The van der Waals surface area contributed by atoms with E-state index in [1.807, 2.05) is 40.8 Å². The summed E-state index contributed by atoms with van der Waals surface area (Å²) in [5, 5.41) is 4.54. The maximum absolute atomic E-state index is 12.7. The quantitative estimate of drug-likeness (QED) is 0.848. The van der Waals surface area contributed by atoms with Gasteiger partial charge < -0.3 is 9.64 Å². The van der Waals surface area contributed by atoms with E-state index in [0.29, 0.717) is 6.42 Å². The maximum atomic E-state index is 12.7. The molecule has 0 radical (unpaired) electrons. The first-order valence-electron chi connectivity index (χ1n) is 8.50. The van der Waals surface area contributed by atoms with Gasteiger partial charge in [-0.2, -0.15) is 5.10 Å². The van der Waals surface area contributed by atoms with E-state index in [-0.39, 0.29) is 11.9 Å². The molecule has 1 saturated heterocycles. The molecule has 1 atom stereocenters. The second-order valence-electron chi connectivity index (χ2n) is 6.52. The lowest BCUT2D eigenvalue weighted by molar-refractivity contribution is -0.131. The molecule has 0 bridgehead atoms. The fourth-order valence-corrected chi connectivity index (χ4v) is 3.43. The number of hydrogen-bond acceptors (Lipinski definition) is 3. The van der Waals surface area contributed by atoms with Gasteiger partial charge in [-0.15, -0.1) is 0 Å². The van der Waals surface area contributed by atoms with Gasteiger partial charge in [0.2, 0.25) is 5.91 Å². The zero-order valence-electron chi connectivity index (χ0n) is 14.7. The SMILES string of the molecule is COc1ccc(CC(=O)N2CCC[C@@H]2Cn2nc(C)cc2C)cc1. The lowest BCUT2D eigenvalue weighted by Gasteiger charge is -2.25. The van der Waals surface area contributed by atoms with Crippen molar-refractivity contribution in [3.8, 4) is 5.75 Å². The Balaban J connectivity index is 1.65. The number of hydrogen-bond donors (Lipinski definition) is 0.